The van der Waals surface area contributed by atoms with E-state index in [9.17, 15) is 13.2 Å². The maximum atomic E-state index is 13.2. The van der Waals surface area contributed by atoms with Gasteiger partial charge in [0.05, 0.1) is 5.56 Å². The van der Waals surface area contributed by atoms with Crippen molar-refractivity contribution in [3.63, 3.8) is 0 Å². The average Bonchev–Trinajstić information content (AvgIpc) is 2.60. The molecule has 0 amide bonds. The van der Waals surface area contributed by atoms with Crippen molar-refractivity contribution in [2.75, 3.05) is 0 Å². The topological polar surface area (TPSA) is 0 Å². The fraction of sp³-hybridized carbons (Fsp3) is 0.750. The second-order valence-corrected chi connectivity index (χ2v) is 9.45. The van der Waals surface area contributed by atoms with Gasteiger partial charge in [0, 0.05) is 0 Å². The Kier molecular flexibility index (Phi) is 6.58. The molecule has 2 saturated carbocycles. The Morgan fingerprint density at radius 3 is 1.67 bits per heavy atom. The van der Waals surface area contributed by atoms with Crippen molar-refractivity contribution in [3.8, 4) is 0 Å². The molecule has 0 aromatic heterocycles. The van der Waals surface area contributed by atoms with Crippen LogP contribution in [0.1, 0.15) is 99.3 Å². The van der Waals surface area contributed by atoms with Gasteiger partial charge in [-0.3, -0.25) is 0 Å². The van der Waals surface area contributed by atoms with E-state index in [1.54, 1.807) is 26.0 Å². The van der Waals surface area contributed by atoms with Gasteiger partial charge in [-0.25, -0.2) is 0 Å². The maximum absolute atomic E-state index is 13.2. The van der Waals surface area contributed by atoms with Gasteiger partial charge < -0.3 is 0 Å². The minimum atomic E-state index is -4.25. The Labute approximate surface area is 162 Å². The van der Waals surface area contributed by atoms with Crippen molar-refractivity contribution in [1.82, 2.24) is 0 Å². The molecule has 1 aromatic rings. The molecule has 2 aliphatic rings. The smallest absolute Gasteiger partial charge is 0.166 e. The standard InChI is InChI=1S/C24H35F3/c1-16-4-6-19(7-5-16)8-9-20-10-12-21(13-11-20)22-14-17(2)23(18(3)15-22)24(25,26)27/h14-16,19-21H,4-13H2,1-3H3. The van der Waals surface area contributed by atoms with Crippen molar-refractivity contribution < 1.29 is 13.2 Å². The number of hydrogen-bond acceptors (Lipinski definition) is 0. The van der Waals surface area contributed by atoms with Gasteiger partial charge in [0.2, 0.25) is 0 Å². The number of benzene rings is 1. The molecule has 0 atom stereocenters. The summed E-state index contributed by atoms with van der Waals surface area (Å²) in [6.07, 6.45) is 8.90. The van der Waals surface area contributed by atoms with E-state index in [2.05, 4.69) is 6.92 Å². The first kappa shape index (κ1) is 20.7. The summed E-state index contributed by atoms with van der Waals surface area (Å²) in [5.41, 5.74) is 1.44. The highest BCUT2D eigenvalue weighted by atomic mass is 19.4. The fourth-order valence-corrected chi connectivity index (χ4v) is 5.55. The van der Waals surface area contributed by atoms with Gasteiger partial charge in [-0.1, -0.05) is 57.6 Å². The Hall–Kier alpha value is -0.990. The van der Waals surface area contributed by atoms with E-state index < -0.39 is 11.7 Å². The number of halogens is 3. The van der Waals surface area contributed by atoms with E-state index in [1.165, 1.54) is 51.4 Å². The molecule has 0 aliphatic heterocycles. The molecule has 152 valence electrons. The molecule has 0 nitrogen and oxygen atoms in total. The van der Waals surface area contributed by atoms with Crippen LogP contribution in [0.3, 0.4) is 0 Å². The van der Waals surface area contributed by atoms with Crippen LogP contribution in [-0.4, -0.2) is 0 Å². The monoisotopic (exact) mass is 380 g/mol. The summed E-state index contributed by atoms with van der Waals surface area (Å²) in [5, 5.41) is 0. The van der Waals surface area contributed by atoms with Gasteiger partial charge in [0.1, 0.15) is 0 Å². The van der Waals surface area contributed by atoms with Crippen molar-refractivity contribution in [2.24, 2.45) is 17.8 Å². The van der Waals surface area contributed by atoms with E-state index in [-0.39, 0.29) is 0 Å². The first-order valence-electron chi connectivity index (χ1n) is 10.9. The molecule has 2 aliphatic carbocycles. The summed E-state index contributed by atoms with van der Waals surface area (Å²) >= 11 is 0. The van der Waals surface area contributed by atoms with E-state index in [1.807, 2.05) is 0 Å². The van der Waals surface area contributed by atoms with Gasteiger partial charge in [-0.05, 0) is 79.9 Å². The molecule has 0 N–H and O–H groups in total. The van der Waals surface area contributed by atoms with E-state index in [0.717, 1.165) is 36.2 Å². The molecule has 2 fully saturated rings. The van der Waals surface area contributed by atoms with Crippen LogP contribution < -0.4 is 0 Å². The first-order chi connectivity index (χ1) is 12.7. The number of alkyl halides is 3. The quantitative estimate of drug-likeness (QED) is 0.494. The molecule has 1 aromatic carbocycles. The minimum Gasteiger partial charge on any atom is -0.166 e. The highest BCUT2D eigenvalue weighted by molar-refractivity contribution is 5.41. The molecule has 0 saturated heterocycles. The van der Waals surface area contributed by atoms with E-state index in [4.69, 9.17) is 0 Å². The molecule has 3 heteroatoms. The summed E-state index contributed by atoms with van der Waals surface area (Å²) in [4.78, 5) is 0. The molecule has 27 heavy (non-hydrogen) atoms. The van der Waals surface area contributed by atoms with Gasteiger partial charge >= 0.3 is 6.18 Å². The van der Waals surface area contributed by atoms with Crippen LogP contribution in [0.4, 0.5) is 13.2 Å². The molecular formula is C24H35F3. The zero-order valence-corrected chi connectivity index (χ0v) is 17.2. The molecule has 0 spiro atoms. The van der Waals surface area contributed by atoms with E-state index >= 15 is 0 Å². The number of aryl methyl sites for hydroxylation is 2. The maximum Gasteiger partial charge on any atom is 0.416 e. The highest BCUT2D eigenvalue weighted by Crippen LogP contribution is 2.42. The second-order valence-electron chi connectivity index (χ2n) is 9.45. The third-order valence-corrected chi connectivity index (χ3v) is 7.28. The Morgan fingerprint density at radius 1 is 0.778 bits per heavy atom. The lowest BCUT2D eigenvalue weighted by Crippen LogP contribution is -2.17. The number of rotatable bonds is 4. The Bertz CT molecular complexity index is 592. The normalized spacial score (nSPS) is 29.7. The molecule has 0 bridgehead atoms. The van der Waals surface area contributed by atoms with Crippen LogP contribution in [0.2, 0.25) is 0 Å². The second kappa shape index (κ2) is 8.57. The summed E-state index contributed by atoms with van der Waals surface area (Å²) in [5.74, 6) is 3.14. The molecule has 0 radical (unpaired) electrons. The van der Waals surface area contributed by atoms with Gasteiger partial charge in [-0.2, -0.15) is 13.2 Å². The van der Waals surface area contributed by atoms with Crippen LogP contribution in [-0.2, 0) is 6.18 Å². The molecule has 0 unspecified atom stereocenters. The van der Waals surface area contributed by atoms with Crippen LogP contribution in [0.5, 0.6) is 0 Å². The predicted molar refractivity (Wildman–Crippen MR) is 106 cm³/mol. The third kappa shape index (κ3) is 5.29. The van der Waals surface area contributed by atoms with Gasteiger partial charge in [0.15, 0.2) is 0 Å². The Balaban J connectivity index is 1.52. The summed E-state index contributed by atoms with van der Waals surface area (Å²) in [6, 6.07) is 3.59. The summed E-state index contributed by atoms with van der Waals surface area (Å²) in [7, 11) is 0. The van der Waals surface area contributed by atoms with Crippen molar-refractivity contribution in [3.05, 3.63) is 34.4 Å². The van der Waals surface area contributed by atoms with Gasteiger partial charge in [-0.15, -0.1) is 0 Å². The lowest BCUT2D eigenvalue weighted by Gasteiger charge is -2.32. The van der Waals surface area contributed by atoms with Crippen molar-refractivity contribution >= 4 is 0 Å². The highest BCUT2D eigenvalue weighted by Gasteiger charge is 2.35. The van der Waals surface area contributed by atoms with Crippen LogP contribution >= 0.6 is 0 Å². The third-order valence-electron chi connectivity index (χ3n) is 7.28. The zero-order valence-electron chi connectivity index (χ0n) is 17.2. The summed E-state index contributed by atoms with van der Waals surface area (Å²) in [6.45, 7) is 5.59. The lowest BCUT2D eigenvalue weighted by atomic mass is 9.74. The zero-order chi connectivity index (χ0) is 19.6. The first-order valence-corrected chi connectivity index (χ1v) is 10.9. The fourth-order valence-electron chi connectivity index (χ4n) is 5.55. The van der Waals surface area contributed by atoms with Crippen LogP contribution in [0, 0.1) is 31.6 Å². The van der Waals surface area contributed by atoms with Crippen molar-refractivity contribution in [1.29, 1.82) is 0 Å². The van der Waals surface area contributed by atoms with Crippen molar-refractivity contribution in [2.45, 2.75) is 97.1 Å². The van der Waals surface area contributed by atoms with Crippen LogP contribution in [0.25, 0.3) is 0 Å². The minimum absolute atomic E-state index is 0.381. The molecular weight excluding hydrogens is 345 g/mol. The average molecular weight is 381 g/mol. The summed E-state index contributed by atoms with van der Waals surface area (Å²) < 4.78 is 39.6. The SMILES string of the molecule is Cc1cc(C2CCC(CCC3CCC(C)CC3)CC2)cc(C)c1C(F)(F)F. The Morgan fingerprint density at radius 2 is 1.22 bits per heavy atom. The largest absolute Gasteiger partial charge is 0.416 e. The van der Waals surface area contributed by atoms with Gasteiger partial charge in [0.25, 0.3) is 0 Å². The van der Waals surface area contributed by atoms with Crippen LogP contribution in [0.15, 0.2) is 12.1 Å². The van der Waals surface area contributed by atoms with E-state index in [0.29, 0.717) is 17.0 Å². The lowest BCUT2D eigenvalue weighted by molar-refractivity contribution is -0.138. The molecule has 3 rings (SSSR count). The number of hydrogen-bond donors (Lipinski definition) is 0. The predicted octanol–water partition coefficient (Wildman–Crippen LogP) is 8.20. The molecule has 0 heterocycles.